The fraction of sp³-hybridized carbons (Fsp3) is 0.625. The predicted molar refractivity (Wildman–Crippen MR) is 55.7 cm³/mol. The van der Waals surface area contributed by atoms with Gasteiger partial charge in [0.05, 0.1) is 4.05 Å². The molecule has 11 heavy (non-hydrogen) atoms. The molecule has 0 aliphatic heterocycles. The number of hydrogen-bond acceptors (Lipinski definition) is 1. The van der Waals surface area contributed by atoms with Gasteiger partial charge in [-0.25, -0.2) is 0 Å². The summed E-state index contributed by atoms with van der Waals surface area (Å²) >= 11 is 2.16. The van der Waals surface area contributed by atoms with Gasteiger partial charge in [-0.2, -0.15) is 0 Å². The average Bonchev–Trinajstić information content (AvgIpc) is 1.84. The number of nitrogens with one attached hydrogen (secondary N) is 1. The van der Waals surface area contributed by atoms with Gasteiger partial charge in [0.1, 0.15) is 0 Å². The zero-order valence-corrected chi connectivity index (χ0v) is 9.52. The number of hydrogen-bond donors (Lipinski definition) is 1. The van der Waals surface area contributed by atoms with Crippen LogP contribution in [0, 0.1) is 0 Å². The van der Waals surface area contributed by atoms with Gasteiger partial charge in [0.2, 0.25) is 5.91 Å². The van der Waals surface area contributed by atoms with Crippen molar-refractivity contribution in [3.8, 4) is 0 Å². The van der Waals surface area contributed by atoms with Crippen LogP contribution >= 0.6 is 22.6 Å². The number of allylic oxidation sites excluding steroid dienone is 1. The number of amides is 1. The van der Waals surface area contributed by atoms with Crippen molar-refractivity contribution in [2.75, 3.05) is 0 Å². The summed E-state index contributed by atoms with van der Waals surface area (Å²) in [5.74, 6) is 0.0342. The number of carbonyl (C=O) groups is 1. The number of carbonyl (C=O) groups excluding carboxylic acids is 1. The number of alkyl halides is 1. The Morgan fingerprint density at radius 2 is 1.82 bits per heavy atom. The van der Waals surface area contributed by atoms with Gasteiger partial charge in [0, 0.05) is 5.57 Å². The molecule has 1 amide bonds. The van der Waals surface area contributed by atoms with E-state index in [4.69, 9.17) is 0 Å². The van der Waals surface area contributed by atoms with E-state index in [0.717, 1.165) is 11.1 Å². The minimum Gasteiger partial charge on any atom is -0.341 e. The Balaban J connectivity index is 4.17. The van der Waals surface area contributed by atoms with Gasteiger partial charge in [0.15, 0.2) is 0 Å². The SMILES string of the molecule is CC(C)=C(C)C(=O)NC(C)I. The second-order valence-electron chi connectivity index (χ2n) is 2.71. The first kappa shape index (κ1) is 10.9. The Morgan fingerprint density at radius 1 is 1.36 bits per heavy atom. The minimum absolute atomic E-state index is 0.0342. The summed E-state index contributed by atoms with van der Waals surface area (Å²) in [6.07, 6.45) is 0. The highest BCUT2D eigenvalue weighted by atomic mass is 127. The Labute approximate surface area is 81.6 Å². The second-order valence-corrected chi connectivity index (χ2v) is 4.58. The summed E-state index contributed by atoms with van der Waals surface area (Å²) in [6, 6.07) is 0. The van der Waals surface area contributed by atoms with Crippen LogP contribution in [0.4, 0.5) is 0 Å². The molecule has 0 aliphatic rings. The van der Waals surface area contributed by atoms with Crippen molar-refractivity contribution in [1.29, 1.82) is 0 Å². The van der Waals surface area contributed by atoms with Crippen molar-refractivity contribution in [2.45, 2.75) is 31.7 Å². The van der Waals surface area contributed by atoms with Crippen LogP contribution in [0.3, 0.4) is 0 Å². The van der Waals surface area contributed by atoms with Crippen molar-refractivity contribution in [3.05, 3.63) is 11.1 Å². The van der Waals surface area contributed by atoms with Crippen LogP contribution in [0.25, 0.3) is 0 Å². The van der Waals surface area contributed by atoms with Crippen LogP contribution in [0.15, 0.2) is 11.1 Å². The third-order valence-electron chi connectivity index (χ3n) is 1.42. The normalized spacial score (nSPS) is 12.1. The van der Waals surface area contributed by atoms with Gasteiger partial charge in [-0.1, -0.05) is 28.2 Å². The van der Waals surface area contributed by atoms with Crippen molar-refractivity contribution < 1.29 is 4.79 Å². The number of rotatable bonds is 2. The van der Waals surface area contributed by atoms with E-state index in [1.165, 1.54) is 0 Å². The summed E-state index contributed by atoms with van der Waals surface area (Å²) in [5, 5.41) is 2.81. The second kappa shape index (κ2) is 4.74. The van der Waals surface area contributed by atoms with E-state index < -0.39 is 0 Å². The lowest BCUT2D eigenvalue weighted by molar-refractivity contribution is -0.117. The molecule has 1 N–H and O–H groups in total. The van der Waals surface area contributed by atoms with Gasteiger partial charge >= 0.3 is 0 Å². The van der Waals surface area contributed by atoms with Crippen LogP contribution in [0.1, 0.15) is 27.7 Å². The molecular formula is C8H14INO. The molecule has 0 aliphatic carbocycles. The molecule has 0 saturated heterocycles. The third kappa shape index (κ3) is 4.40. The Bertz CT molecular complexity index is 181. The fourth-order valence-electron chi connectivity index (χ4n) is 0.516. The lowest BCUT2D eigenvalue weighted by Gasteiger charge is -2.07. The first-order valence-corrected chi connectivity index (χ1v) is 4.78. The molecule has 64 valence electrons. The van der Waals surface area contributed by atoms with Crippen LogP contribution in [-0.4, -0.2) is 9.96 Å². The molecule has 3 heteroatoms. The van der Waals surface area contributed by atoms with E-state index in [9.17, 15) is 4.79 Å². The fourth-order valence-corrected chi connectivity index (χ4v) is 0.799. The lowest BCUT2D eigenvalue weighted by Crippen LogP contribution is -2.29. The van der Waals surface area contributed by atoms with Crippen molar-refractivity contribution in [3.63, 3.8) is 0 Å². The largest absolute Gasteiger partial charge is 0.341 e. The topological polar surface area (TPSA) is 29.1 Å². The maximum absolute atomic E-state index is 11.2. The monoisotopic (exact) mass is 267 g/mol. The maximum atomic E-state index is 11.2. The molecule has 1 unspecified atom stereocenters. The zero-order chi connectivity index (χ0) is 9.02. The smallest absolute Gasteiger partial charge is 0.247 e. The van der Waals surface area contributed by atoms with E-state index in [1.807, 2.05) is 27.7 Å². The predicted octanol–water partition coefficient (Wildman–Crippen LogP) is 2.24. The molecule has 0 fully saturated rings. The summed E-state index contributed by atoms with van der Waals surface area (Å²) in [6.45, 7) is 7.65. The molecule has 0 spiro atoms. The molecule has 1 atom stereocenters. The lowest BCUT2D eigenvalue weighted by atomic mass is 10.2. The summed E-state index contributed by atoms with van der Waals surface area (Å²) in [7, 11) is 0. The zero-order valence-electron chi connectivity index (χ0n) is 7.36. The van der Waals surface area contributed by atoms with Gasteiger partial charge in [0.25, 0.3) is 0 Å². The quantitative estimate of drug-likeness (QED) is 0.353. The van der Waals surface area contributed by atoms with Crippen molar-refractivity contribution in [2.24, 2.45) is 0 Å². The van der Waals surface area contributed by atoms with Crippen molar-refractivity contribution in [1.82, 2.24) is 5.32 Å². The van der Waals surface area contributed by atoms with Crippen LogP contribution in [0.5, 0.6) is 0 Å². The average molecular weight is 267 g/mol. The molecule has 0 aromatic rings. The van der Waals surface area contributed by atoms with Gasteiger partial charge in [-0.15, -0.1) is 0 Å². The van der Waals surface area contributed by atoms with E-state index in [0.29, 0.717) is 0 Å². The molecule has 2 nitrogen and oxygen atoms in total. The van der Waals surface area contributed by atoms with Gasteiger partial charge in [-0.05, 0) is 27.7 Å². The van der Waals surface area contributed by atoms with E-state index in [1.54, 1.807) is 0 Å². The van der Waals surface area contributed by atoms with E-state index in [-0.39, 0.29) is 9.96 Å². The third-order valence-corrected chi connectivity index (χ3v) is 1.73. The van der Waals surface area contributed by atoms with E-state index in [2.05, 4.69) is 27.9 Å². The molecule has 0 bridgehead atoms. The first-order valence-electron chi connectivity index (χ1n) is 3.54. The molecule has 0 radical (unpaired) electrons. The van der Waals surface area contributed by atoms with Gasteiger partial charge in [-0.3, -0.25) is 4.79 Å². The Morgan fingerprint density at radius 3 is 2.09 bits per heavy atom. The highest BCUT2D eigenvalue weighted by Gasteiger charge is 2.06. The van der Waals surface area contributed by atoms with Gasteiger partial charge < -0.3 is 5.32 Å². The van der Waals surface area contributed by atoms with Crippen LogP contribution in [-0.2, 0) is 4.79 Å². The Kier molecular flexibility index (Phi) is 4.72. The summed E-state index contributed by atoms with van der Waals surface area (Å²) in [5.41, 5.74) is 1.88. The maximum Gasteiger partial charge on any atom is 0.247 e. The molecule has 0 rings (SSSR count). The molecule has 0 saturated carbocycles. The molecule has 0 aromatic carbocycles. The standard InChI is InChI=1S/C8H14INO/c1-5(2)6(3)8(11)10-7(4)9/h7H,1-4H3,(H,10,11). The highest BCUT2D eigenvalue weighted by molar-refractivity contribution is 14.1. The molecule has 0 heterocycles. The minimum atomic E-state index is 0.0342. The Hall–Kier alpha value is -0.0600. The summed E-state index contributed by atoms with van der Waals surface area (Å²) in [4.78, 5) is 11.2. The van der Waals surface area contributed by atoms with Crippen LogP contribution < -0.4 is 5.32 Å². The molecule has 0 aromatic heterocycles. The van der Waals surface area contributed by atoms with E-state index >= 15 is 0 Å². The highest BCUT2D eigenvalue weighted by Crippen LogP contribution is 2.03. The van der Waals surface area contributed by atoms with Crippen molar-refractivity contribution >= 4 is 28.5 Å². The number of halogens is 1. The van der Waals surface area contributed by atoms with Crippen LogP contribution in [0.2, 0.25) is 0 Å². The molecular weight excluding hydrogens is 253 g/mol. The first-order chi connectivity index (χ1) is 4.95. The summed E-state index contributed by atoms with van der Waals surface area (Å²) < 4.78 is 0.189.